The molecule has 6 heteroatoms. The Balaban J connectivity index is 1.68. The first-order valence-corrected chi connectivity index (χ1v) is 10.6. The number of unbranched alkanes of at least 4 members (excludes halogenated alkanes) is 3. The first kappa shape index (κ1) is 20.0. The molecule has 2 heterocycles. The summed E-state index contributed by atoms with van der Waals surface area (Å²) >= 11 is 0. The molecule has 0 aromatic rings. The lowest BCUT2D eigenvalue weighted by Crippen LogP contribution is -2.50. The maximum atomic E-state index is 12.9. The zero-order chi connectivity index (χ0) is 17.3. The van der Waals surface area contributed by atoms with Crippen molar-refractivity contribution in [3.63, 3.8) is 0 Å². The molecule has 2 fully saturated rings. The summed E-state index contributed by atoms with van der Waals surface area (Å²) < 4.78 is 25.3. The fourth-order valence-electron chi connectivity index (χ4n) is 3.43. The van der Waals surface area contributed by atoms with Crippen molar-refractivity contribution < 1.29 is 18.5 Å². The molecule has 5 nitrogen and oxygen atoms in total. The van der Waals surface area contributed by atoms with Crippen LogP contribution in [0, 0.1) is 5.92 Å². The van der Waals surface area contributed by atoms with Crippen LogP contribution < -0.4 is 0 Å². The lowest BCUT2D eigenvalue weighted by atomic mass is 9.99. The molecule has 0 aromatic heterocycles. The van der Waals surface area contributed by atoms with E-state index in [1.807, 2.05) is 4.31 Å². The SMILES string of the molecule is CCCCCCOCC1CCN(S(=O)C2(C=O)CCOCC2)CC1. The van der Waals surface area contributed by atoms with Crippen molar-refractivity contribution in [3.8, 4) is 0 Å². The molecule has 0 bridgehead atoms. The molecule has 0 radical (unpaired) electrons. The van der Waals surface area contributed by atoms with E-state index in [4.69, 9.17) is 9.47 Å². The summed E-state index contributed by atoms with van der Waals surface area (Å²) in [7, 11) is -1.23. The van der Waals surface area contributed by atoms with Gasteiger partial charge in [0.2, 0.25) is 0 Å². The highest BCUT2D eigenvalue weighted by Crippen LogP contribution is 2.30. The van der Waals surface area contributed by atoms with Gasteiger partial charge in [-0.1, -0.05) is 26.2 Å². The first-order chi connectivity index (χ1) is 11.7. The van der Waals surface area contributed by atoms with Gasteiger partial charge in [-0.2, -0.15) is 0 Å². The highest BCUT2D eigenvalue weighted by atomic mass is 32.2. The summed E-state index contributed by atoms with van der Waals surface area (Å²) in [5.41, 5.74) is 0. The quantitative estimate of drug-likeness (QED) is 0.444. The Bertz CT molecular complexity index is 390. The van der Waals surface area contributed by atoms with Crippen molar-refractivity contribution in [2.45, 2.75) is 63.0 Å². The summed E-state index contributed by atoms with van der Waals surface area (Å²) in [4.78, 5) is 11.6. The van der Waals surface area contributed by atoms with Gasteiger partial charge in [0.1, 0.15) is 22.0 Å². The van der Waals surface area contributed by atoms with Crippen LogP contribution in [0.2, 0.25) is 0 Å². The Morgan fingerprint density at radius 1 is 1.21 bits per heavy atom. The predicted octanol–water partition coefficient (Wildman–Crippen LogP) is 2.71. The van der Waals surface area contributed by atoms with Gasteiger partial charge in [-0.05, 0) is 38.0 Å². The molecule has 140 valence electrons. The number of aldehydes is 1. The molecule has 24 heavy (non-hydrogen) atoms. The van der Waals surface area contributed by atoms with E-state index in [0.29, 0.717) is 32.0 Å². The number of carbonyl (C=O) groups is 1. The molecular weight excluding hydrogens is 326 g/mol. The van der Waals surface area contributed by atoms with Gasteiger partial charge >= 0.3 is 0 Å². The number of hydrogen-bond donors (Lipinski definition) is 0. The van der Waals surface area contributed by atoms with E-state index in [1.165, 1.54) is 19.3 Å². The highest BCUT2D eigenvalue weighted by molar-refractivity contribution is 7.84. The minimum Gasteiger partial charge on any atom is -0.381 e. The smallest absolute Gasteiger partial charge is 0.140 e. The van der Waals surface area contributed by atoms with Crippen LogP contribution in [-0.2, 0) is 25.3 Å². The molecule has 2 rings (SSSR count). The van der Waals surface area contributed by atoms with E-state index >= 15 is 0 Å². The van der Waals surface area contributed by atoms with Crippen LogP contribution in [0.25, 0.3) is 0 Å². The van der Waals surface area contributed by atoms with Crippen LogP contribution in [0.4, 0.5) is 0 Å². The molecule has 2 aliphatic rings. The van der Waals surface area contributed by atoms with Crippen molar-refractivity contribution in [2.75, 3.05) is 39.5 Å². The Morgan fingerprint density at radius 2 is 1.92 bits per heavy atom. The largest absolute Gasteiger partial charge is 0.381 e. The van der Waals surface area contributed by atoms with Crippen molar-refractivity contribution in [3.05, 3.63) is 0 Å². The zero-order valence-corrected chi connectivity index (χ0v) is 15.9. The van der Waals surface area contributed by atoms with Gasteiger partial charge < -0.3 is 14.3 Å². The summed E-state index contributed by atoms with van der Waals surface area (Å²) in [6.45, 7) is 6.56. The van der Waals surface area contributed by atoms with E-state index in [0.717, 1.165) is 51.9 Å². The van der Waals surface area contributed by atoms with Crippen molar-refractivity contribution in [1.82, 2.24) is 4.31 Å². The second-order valence-corrected chi connectivity index (χ2v) is 8.88. The van der Waals surface area contributed by atoms with Crippen molar-refractivity contribution in [2.24, 2.45) is 5.92 Å². The van der Waals surface area contributed by atoms with Gasteiger partial charge in [0, 0.05) is 39.5 Å². The fraction of sp³-hybridized carbons (Fsp3) is 0.944. The minimum absolute atomic E-state index is 0.535. The summed E-state index contributed by atoms with van der Waals surface area (Å²) in [5.74, 6) is 0.561. The standard InChI is InChI=1S/C18H33NO4S/c1-2-3-4-5-12-23-15-17-6-10-19(11-7-17)24(21)18(16-20)8-13-22-14-9-18/h16-17H,2-15H2,1H3. The van der Waals surface area contributed by atoms with Crippen LogP contribution in [0.15, 0.2) is 0 Å². The van der Waals surface area contributed by atoms with E-state index in [1.54, 1.807) is 0 Å². The lowest BCUT2D eigenvalue weighted by molar-refractivity contribution is -0.112. The topological polar surface area (TPSA) is 55.8 Å². The average molecular weight is 360 g/mol. The normalized spacial score (nSPS) is 23.9. The molecule has 0 aliphatic carbocycles. The number of nitrogens with zero attached hydrogens (tertiary/aromatic N) is 1. The first-order valence-electron chi connectivity index (χ1n) is 9.50. The van der Waals surface area contributed by atoms with Gasteiger partial charge in [-0.25, -0.2) is 8.51 Å². The molecule has 2 aliphatic heterocycles. The maximum absolute atomic E-state index is 12.9. The Hall–Kier alpha value is -0.300. The third kappa shape index (κ3) is 5.61. The van der Waals surface area contributed by atoms with Crippen LogP contribution in [-0.4, -0.2) is 59.1 Å². The number of ether oxygens (including phenoxy) is 2. The number of hydrogen-bond acceptors (Lipinski definition) is 4. The van der Waals surface area contributed by atoms with Crippen LogP contribution in [0.5, 0.6) is 0 Å². The molecule has 1 unspecified atom stereocenters. The monoisotopic (exact) mass is 359 g/mol. The second-order valence-electron chi connectivity index (χ2n) is 7.05. The third-order valence-electron chi connectivity index (χ3n) is 5.21. The van der Waals surface area contributed by atoms with E-state index in [2.05, 4.69) is 6.92 Å². The van der Waals surface area contributed by atoms with E-state index in [9.17, 15) is 9.00 Å². The zero-order valence-electron chi connectivity index (χ0n) is 15.0. The maximum Gasteiger partial charge on any atom is 0.140 e. The van der Waals surface area contributed by atoms with Crippen LogP contribution in [0.1, 0.15) is 58.3 Å². The Labute approximate surface area is 149 Å². The van der Waals surface area contributed by atoms with Crippen molar-refractivity contribution >= 4 is 17.3 Å². The molecule has 0 N–H and O–H groups in total. The Kier molecular flexibility index (Phi) is 8.87. The van der Waals surface area contributed by atoms with Gasteiger partial charge in [0.05, 0.1) is 0 Å². The van der Waals surface area contributed by atoms with Gasteiger partial charge in [0.15, 0.2) is 0 Å². The van der Waals surface area contributed by atoms with Crippen molar-refractivity contribution in [1.29, 1.82) is 0 Å². The van der Waals surface area contributed by atoms with Gasteiger partial charge in [0.25, 0.3) is 0 Å². The second kappa shape index (κ2) is 10.6. The molecule has 0 amide bonds. The summed E-state index contributed by atoms with van der Waals surface area (Å²) in [6.07, 6.45) is 9.02. The minimum atomic E-state index is -1.23. The Morgan fingerprint density at radius 3 is 2.54 bits per heavy atom. The molecule has 0 spiro atoms. The fourth-order valence-corrected chi connectivity index (χ4v) is 5.09. The molecule has 0 saturated carbocycles. The summed E-state index contributed by atoms with van der Waals surface area (Å²) in [6, 6.07) is 0. The molecule has 2 saturated heterocycles. The lowest BCUT2D eigenvalue weighted by Gasteiger charge is -2.38. The third-order valence-corrected chi connectivity index (χ3v) is 7.24. The average Bonchev–Trinajstić information content (AvgIpc) is 2.65. The number of piperidine rings is 1. The van der Waals surface area contributed by atoms with Gasteiger partial charge in [-0.3, -0.25) is 0 Å². The van der Waals surface area contributed by atoms with Gasteiger partial charge in [-0.15, -0.1) is 0 Å². The van der Waals surface area contributed by atoms with E-state index < -0.39 is 15.7 Å². The van der Waals surface area contributed by atoms with Crippen LogP contribution >= 0.6 is 0 Å². The molecular formula is C18H33NO4S. The van der Waals surface area contributed by atoms with E-state index in [-0.39, 0.29) is 0 Å². The summed E-state index contributed by atoms with van der Waals surface area (Å²) in [5, 5.41) is 0. The molecule has 0 aromatic carbocycles. The molecule has 1 atom stereocenters. The van der Waals surface area contributed by atoms with Crippen LogP contribution in [0.3, 0.4) is 0 Å². The number of rotatable bonds is 10. The number of carbonyl (C=O) groups excluding carboxylic acids is 1. The predicted molar refractivity (Wildman–Crippen MR) is 96.2 cm³/mol. The highest BCUT2D eigenvalue weighted by Gasteiger charge is 2.42.